The number of rotatable bonds is 5. The van der Waals surface area contributed by atoms with Gasteiger partial charge in [-0.3, -0.25) is 0 Å². The van der Waals surface area contributed by atoms with Crippen LogP contribution >= 0.6 is 0 Å². The third kappa shape index (κ3) is 2.51. The molecule has 0 fully saturated rings. The molecule has 0 saturated carbocycles. The van der Waals surface area contributed by atoms with Crippen LogP contribution in [-0.2, 0) is 5.41 Å². The molecule has 0 N–H and O–H groups in total. The molecule has 2 aliphatic rings. The zero-order chi connectivity index (χ0) is 18.3. The molecule has 1 unspecified atom stereocenters. The minimum absolute atomic E-state index is 0.0881. The molecule has 0 heterocycles. The van der Waals surface area contributed by atoms with E-state index >= 15 is 0 Å². The van der Waals surface area contributed by atoms with Crippen LogP contribution < -0.4 is 0 Å². The van der Waals surface area contributed by atoms with Crippen molar-refractivity contribution in [2.75, 3.05) is 0 Å². The summed E-state index contributed by atoms with van der Waals surface area (Å²) in [7, 11) is 0. The van der Waals surface area contributed by atoms with Gasteiger partial charge in [-0.1, -0.05) is 91.0 Å². The topological polar surface area (TPSA) is 0 Å². The molecule has 2 aliphatic carbocycles. The maximum atomic E-state index is 4.06. The lowest BCUT2D eigenvalue weighted by atomic mass is 9.73. The van der Waals surface area contributed by atoms with Crippen LogP contribution in [-0.4, -0.2) is 0 Å². The molecule has 3 aromatic carbocycles. The molecular formula is C27H24. The van der Waals surface area contributed by atoms with Gasteiger partial charge in [0.2, 0.25) is 0 Å². The largest absolute Gasteiger partial charge is 0.103 e. The first-order chi connectivity index (χ1) is 13.3. The van der Waals surface area contributed by atoms with Crippen LogP contribution in [0.1, 0.15) is 47.4 Å². The maximum absolute atomic E-state index is 4.06. The fourth-order valence-corrected chi connectivity index (χ4v) is 5.16. The molecule has 0 spiro atoms. The Labute approximate surface area is 161 Å². The highest BCUT2D eigenvalue weighted by molar-refractivity contribution is 5.78. The summed E-state index contributed by atoms with van der Waals surface area (Å²) in [6.45, 7) is 4.06. The number of hydrogen-bond acceptors (Lipinski definition) is 0. The van der Waals surface area contributed by atoms with Crippen molar-refractivity contribution in [3.8, 4) is 11.1 Å². The molecule has 132 valence electrons. The first-order valence-corrected chi connectivity index (χ1v) is 9.90. The van der Waals surface area contributed by atoms with Gasteiger partial charge in [0.25, 0.3) is 0 Å². The predicted octanol–water partition coefficient (Wildman–Crippen LogP) is 7.12. The lowest BCUT2D eigenvalue weighted by Crippen LogP contribution is -2.22. The van der Waals surface area contributed by atoms with Gasteiger partial charge in [-0.25, -0.2) is 0 Å². The van der Waals surface area contributed by atoms with Crippen molar-refractivity contribution in [3.63, 3.8) is 0 Å². The molecule has 0 aliphatic heterocycles. The van der Waals surface area contributed by atoms with E-state index in [9.17, 15) is 0 Å². The van der Waals surface area contributed by atoms with Crippen LogP contribution in [0.25, 0.3) is 17.2 Å². The molecule has 0 nitrogen and oxygen atoms in total. The zero-order valence-corrected chi connectivity index (χ0v) is 15.6. The van der Waals surface area contributed by atoms with Gasteiger partial charge in [-0.15, -0.1) is 6.58 Å². The van der Waals surface area contributed by atoms with Crippen molar-refractivity contribution in [1.29, 1.82) is 0 Å². The highest BCUT2D eigenvalue weighted by Gasteiger charge is 2.36. The van der Waals surface area contributed by atoms with Gasteiger partial charge < -0.3 is 0 Å². The highest BCUT2D eigenvalue weighted by Crippen LogP contribution is 2.50. The van der Waals surface area contributed by atoms with Gasteiger partial charge in [-0.05, 0) is 52.6 Å². The maximum Gasteiger partial charge on any atom is 0.0176 e. The minimum atomic E-state index is 0.0881. The Morgan fingerprint density at radius 3 is 2.15 bits per heavy atom. The average Bonchev–Trinajstić information content (AvgIpc) is 3.24. The van der Waals surface area contributed by atoms with Crippen molar-refractivity contribution in [1.82, 2.24) is 0 Å². The van der Waals surface area contributed by atoms with Crippen molar-refractivity contribution in [3.05, 3.63) is 114 Å². The normalized spacial score (nSPS) is 19.6. The Morgan fingerprint density at radius 1 is 0.815 bits per heavy atom. The van der Waals surface area contributed by atoms with Crippen molar-refractivity contribution in [2.45, 2.75) is 30.6 Å². The fourth-order valence-electron chi connectivity index (χ4n) is 5.16. The van der Waals surface area contributed by atoms with Crippen molar-refractivity contribution in [2.24, 2.45) is 0 Å². The lowest BCUT2D eigenvalue weighted by Gasteiger charge is -2.30. The van der Waals surface area contributed by atoms with Gasteiger partial charge in [-0.2, -0.15) is 0 Å². The van der Waals surface area contributed by atoms with E-state index in [0.29, 0.717) is 5.92 Å². The summed E-state index contributed by atoms with van der Waals surface area (Å²) in [5.41, 5.74) is 8.73. The molecule has 1 atom stereocenters. The van der Waals surface area contributed by atoms with Crippen molar-refractivity contribution >= 4 is 6.08 Å². The van der Waals surface area contributed by atoms with E-state index in [1.807, 2.05) is 0 Å². The fraction of sp³-hybridized carbons (Fsp3) is 0.185. The van der Waals surface area contributed by atoms with Gasteiger partial charge >= 0.3 is 0 Å². The number of allylic oxidation sites excluding steroid dienone is 2. The van der Waals surface area contributed by atoms with E-state index in [1.165, 1.54) is 33.4 Å². The second kappa shape index (κ2) is 6.39. The van der Waals surface area contributed by atoms with Crippen LogP contribution in [0.2, 0.25) is 0 Å². The quantitative estimate of drug-likeness (QED) is 0.431. The first kappa shape index (κ1) is 16.3. The van der Waals surface area contributed by atoms with E-state index in [4.69, 9.17) is 0 Å². The summed E-state index contributed by atoms with van der Waals surface area (Å²) in [5, 5.41) is 0. The molecule has 27 heavy (non-hydrogen) atoms. The average molecular weight is 348 g/mol. The van der Waals surface area contributed by atoms with Gasteiger partial charge in [0.05, 0.1) is 0 Å². The predicted molar refractivity (Wildman–Crippen MR) is 115 cm³/mol. The van der Waals surface area contributed by atoms with E-state index in [1.54, 1.807) is 0 Å². The smallest absolute Gasteiger partial charge is 0.0176 e. The monoisotopic (exact) mass is 348 g/mol. The Balaban J connectivity index is 1.51. The van der Waals surface area contributed by atoms with E-state index in [-0.39, 0.29) is 5.41 Å². The summed E-state index contributed by atoms with van der Waals surface area (Å²) < 4.78 is 0. The van der Waals surface area contributed by atoms with Crippen LogP contribution in [0.5, 0.6) is 0 Å². The van der Waals surface area contributed by atoms with E-state index < -0.39 is 0 Å². The Morgan fingerprint density at radius 2 is 1.44 bits per heavy atom. The minimum Gasteiger partial charge on any atom is -0.103 e. The second-order valence-electron chi connectivity index (χ2n) is 7.84. The SMILES string of the molecule is C=CCC1(CCC2c3ccccc3-c3ccccc32)C=Cc2ccccc21. The second-order valence-corrected chi connectivity index (χ2v) is 7.84. The molecule has 0 bridgehead atoms. The molecule has 0 radical (unpaired) electrons. The number of fused-ring (bicyclic) bond motifs is 4. The molecule has 0 aromatic heterocycles. The van der Waals surface area contributed by atoms with Gasteiger partial charge in [0, 0.05) is 11.3 Å². The van der Waals surface area contributed by atoms with E-state index in [2.05, 4.69) is 97.6 Å². The molecule has 3 aromatic rings. The van der Waals surface area contributed by atoms with Crippen LogP contribution in [0.15, 0.2) is 91.5 Å². The third-order valence-corrected chi connectivity index (χ3v) is 6.43. The molecule has 0 heteroatoms. The summed E-state index contributed by atoms with van der Waals surface area (Å²) >= 11 is 0. The first-order valence-electron chi connectivity index (χ1n) is 9.90. The Kier molecular flexibility index (Phi) is 3.86. The molecule has 0 saturated heterocycles. The molecule has 0 amide bonds. The third-order valence-electron chi connectivity index (χ3n) is 6.43. The van der Waals surface area contributed by atoms with Gasteiger partial charge in [0.15, 0.2) is 0 Å². The Bertz CT molecular complexity index is 994. The van der Waals surface area contributed by atoms with Crippen LogP contribution in [0.3, 0.4) is 0 Å². The summed E-state index contributed by atoms with van der Waals surface area (Å²) in [6.07, 6.45) is 10.1. The number of hydrogen-bond donors (Lipinski definition) is 0. The van der Waals surface area contributed by atoms with Crippen LogP contribution in [0, 0.1) is 0 Å². The van der Waals surface area contributed by atoms with Gasteiger partial charge in [0.1, 0.15) is 0 Å². The summed E-state index contributed by atoms with van der Waals surface area (Å²) in [6, 6.07) is 26.7. The Hall–Kier alpha value is -2.86. The van der Waals surface area contributed by atoms with Crippen molar-refractivity contribution < 1.29 is 0 Å². The zero-order valence-electron chi connectivity index (χ0n) is 15.6. The standard InChI is InChI=1S/C27H24/c1-2-17-27(18-15-20-9-3-8-14-26(20)27)19-16-25-23-12-6-4-10-21(23)22-11-5-7-13-24(22)25/h2-15,18,25H,1,16-17,19H2. The lowest BCUT2D eigenvalue weighted by molar-refractivity contribution is 0.469. The molecular weight excluding hydrogens is 324 g/mol. The summed E-state index contributed by atoms with van der Waals surface area (Å²) in [5.74, 6) is 0.486. The summed E-state index contributed by atoms with van der Waals surface area (Å²) in [4.78, 5) is 0. The highest BCUT2D eigenvalue weighted by atomic mass is 14.4. The van der Waals surface area contributed by atoms with E-state index in [0.717, 1.165) is 19.3 Å². The number of benzene rings is 3. The van der Waals surface area contributed by atoms with Crippen LogP contribution in [0.4, 0.5) is 0 Å². The molecule has 5 rings (SSSR count).